The minimum atomic E-state index is -4.84. The molecular weight excluding hydrogens is 473 g/mol. The largest absolute Gasteiger partial charge is 0.573 e. The highest BCUT2D eigenvalue weighted by molar-refractivity contribution is 9.10. The van der Waals surface area contributed by atoms with Crippen LogP contribution in [0.2, 0.25) is 0 Å². The summed E-state index contributed by atoms with van der Waals surface area (Å²) in [6, 6.07) is 7.78. The lowest BCUT2D eigenvalue weighted by Crippen LogP contribution is -2.21. The highest BCUT2D eigenvalue weighted by atomic mass is 79.9. The van der Waals surface area contributed by atoms with Crippen LogP contribution in [0.25, 0.3) is 0 Å². The lowest BCUT2D eigenvalue weighted by Gasteiger charge is -2.13. The summed E-state index contributed by atoms with van der Waals surface area (Å²) >= 11 is 6.30. The Bertz CT molecular complexity index is 785. The molecule has 0 fully saturated rings. The number of anilines is 2. The third kappa shape index (κ3) is 6.22. The van der Waals surface area contributed by atoms with Crippen molar-refractivity contribution in [3.8, 4) is 5.75 Å². The van der Waals surface area contributed by atoms with E-state index in [0.29, 0.717) is 20.2 Å². The number of ether oxygens (including phenoxy) is 1. The van der Waals surface area contributed by atoms with Crippen LogP contribution >= 0.6 is 31.9 Å². The fourth-order valence-corrected chi connectivity index (χ4v) is 2.75. The van der Waals surface area contributed by atoms with Gasteiger partial charge in [-0.25, -0.2) is 4.79 Å². The first-order valence-electron chi connectivity index (χ1n) is 6.70. The first-order valence-corrected chi connectivity index (χ1v) is 8.28. The molecular formula is C15H11Br2F3N2O3. The molecule has 2 aromatic carbocycles. The van der Waals surface area contributed by atoms with Gasteiger partial charge in [-0.3, -0.25) is 0 Å². The molecule has 0 heterocycles. The number of rotatable bonds is 4. The first-order chi connectivity index (χ1) is 11.7. The lowest BCUT2D eigenvalue weighted by molar-refractivity contribution is -0.274. The van der Waals surface area contributed by atoms with E-state index in [1.165, 1.54) is 6.07 Å². The predicted molar refractivity (Wildman–Crippen MR) is 93.5 cm³/mol. The van der Waals surface area contributed by atoms with Crippen LogP contribution in [0.1, 0.15) is 5.56 Å². The molecule has 0 aliphatic heterocycles. The van der Waals surface area contributed by atoms with Crippen molar-refractivity contribution in [3.63, 3.8) is 0 Å². The number of hydrogen-bond donors (Lipinski definition) is 3. The Morgan fingerprint density at radius 3 is 2.44 bits per heavy atom. The average molecular weight is 484 g/mol. The third-order valence-corrected chi connectivity index (χ3v) is 3.80. The van der Waals surface area contributed by atoms with Crippen LogP contribution in [0.4, 0.5) is 29.3 Å². The van der Waals surface area contributed by atoms with Crippen molar-refractivity contribution < 1.29 is 27.8 Å². The summed E-state index contributed by atoms with van der Waals surface area (Å²) in [6.07, 6.45) is -4.84. The Morgan fingerprint density at radius 2 is 1.80 bits per heavy atom. The van der Waals surface area contributed by atoms with E-state index < -0.39 is 18.1 Å². The zero-order chi connectivity index (χ0) is 18.6. The van der Waals surface area contributed by atoms with E-state index in [0.717, 1.165) is 12.1 Å². The van der Waals surface area contributed by atoms with Crippen molar-refractivity contribution in [2.45, 2.75) is 13.0 Å². The van der Waals surface area contributed by atoms with Gasteiger partial charge in [0.2, 0.25) is 0 Å². The topological polar surface area (TPSA) is 70.6 Å². The lowest BCUT2D eigenvalue weighted by atomic mass is 10.2. The number of alkyl halides is 3. The summed E-state index contributed by atoms with van der Waals surface area (Å²) in [7, 11) is 0. The quantitative estimate of drug-likeness (QED) is 0.556. The standard InChI is InChI=1S/C15H11Br2F3N2O3/c16-9-2-1-8(7-23)13(5-9)22-14(24)21-11-3-10(17)4-12(6-11)25-15(18,19)20/h1-6,23H,7H2,(H2,21,22,24). The molecule has 0 unspecified atom stereocenters. The molecule has 0 bridgehead atoms. The molecule has 0 saturated heterocycles. The Morgan fingerprint density at radius 1 is 1.08 bits per heavy atom. The van der Waals surface area contributed by atoms with Crippen LogP contribution < -0.4 is 15.4 Å². The van der Waals surface area contributed by atoms with Gasteiger partial charge in [0, 0.05) is 32.0 Å². The van der Waals surface area contributed by atoms with Crippen molar-refractivity contribution >= 4 is 49.3 Å². The number of hydrogen-bond acceptors (Lipinski definition) is 3. The molecule has 2 rings (SSSR count). The van der Waals surface area contributed by atoms with E-state index in [1.54, 1.807) is 18.2 Å². The van der Waals surface area contributed by atoms with Gasteiger partial charge in [-0.1, -0.05) is 37.9 Å². The van der Waals surface area contributed by atoms with Crippen molar-refractivity contribution in [1.82, 2.24) is 0 Å². The summed E-state index contributed by atoms with van der Waals surface area (Å²) in [5.74, 6) is -0.476. The van der Waals surface area contributed by atoms with Crippen molar-refractivity contribution in [2.24, 2.45) is 0 Å². The van der Waals surface area contributed by atoms with Gasteiger partial charge in [0.25, 0.3) is 0 Å². The van der Waals surface area contributed by atoms with Crippen LogP contribution in [0.3, 0.4) is 0 Å². The SMILES string of the molecule is O=C(Nc1cc(Br)cc(OC(F)(F)F)c1)Nc1cc(Br)ccc1CO. The second-order valence-electron chi connectivity index (χ2n) is 4.76. The second kappa shape index (κ2) is 8.07. The number of halogens is 5. The molecule has 2 amide bonds. The molecule has 0 atom stereocenters. The maximum Gasteiger partial charge on any atom is 0.573 e. The molecule has 10 heteroatoms. The van der Waals surface area contributed by atoms with Crippen LogP contribution in [-0.4, -0.2) is 17.5 Å². The average Bonchev–Trinajstić information content (AvgIpc) is 2.44. The molecule has 3 N–H and O–H groups in total. The van der Waals surface area contributed by atoms with Crippen molar-refractivity contribution in [1.29, 1.82) is 0 Å². The fraction of sp³-hybridized carbons (Fsp3) is 0.133. The molecule has 0 aromatic heterocycles. The Balaban J connectivity index is 2.14. The molecule has 2 aromatic rings. The Labute approximate surface area is 157 Å². The van der Waals surface area contributed by atoms with E-state index >= 15 is 0 Å². The number of aliphatic hydroxyl groups excluding tert-OH is 1. The van der Waals surface area contributed by atoms with E-state index in [9.17, 15) is 23.1 Å². The minimum absolute atomic E-state index is 0.0895. The van der Waals surface area contributed by atoms with E-state index in [4.69, 9.17) is 0 Å². The van der Waals surface area contributed by atoms with Crippen molar-refractivity contribution in [2.75, 3.05) is 10.6 Å². The van der Waals surface area contributed by atoms with Gasteiger partial charge < -0.3 is 20.5 Å². The number of amides is 2. The number of urea groups is 1. The third-order valence-electron chi connectivity index (χ3n) is 2.85. The van der Waals surface area contributed by atoms with Crippen LogP contribution in [0.5, 0.6) is 5.75 Å². The van der Waals surface area contributed by atoms with Gasteiger partial charge in [0.1, 0.15) is 5.75 Å². The maximum absolute atomic E-state index is 12.3. The van der Waals surface area contributed by atoms with Gasteiger partial charge in [-0.15, -0.1) is 13.2 Å². The molecule has 0 aliphatic rings. The minimum Gasteiger partial charge on any atom is -0.406 e. The summed E-state index contributed by atoms with van der Waals surface area (Å²) in [6.45, 7) is -0.288. The molecule has 0 saturated carbocycles. The monoisotopic (exact) mass is 482 g/mol. The van der Waals surface area contributed by atoms with Gasteiger partial charge >= 0.3 is 12.4 Å². The zero-order valence-corrected chi connectivity index (χ0v) is 15.5. The maximum atomic E-state index is 12.3. The second-order valence-corrected chi connectivity index (χ2v) is 6.59. The fourth-order valence-electron chi connectivity index (χ4n) is 1.92. The number of benzene rings is 2. The Kier molecular flexibility index (Phi) is 6.31. The highest BCUT2D eigenvalue weighted by Gasteiger charge is 2.31. The summed E-state index contributed by atoms with van der Waals surface area (Å²) in [4.78, 5) is 12.1. The van der Waals surface area contributed by atoms with Gasteiger partial charge in [0.05, 0.1) is 6.61 Å². The number of carbonyl (C=O) groups excluding carboxylic acids is 1. The summed E-state index contributed by atoms with van der Waals surface area (Å²) in [5, 5.41) is 14.2. The number of carbonyl (C=O) groups is 1. The van der Waals surface area contributed by atoms with Gasteiger partial charge in [-0.05, 0) is 24.3 Å². The molecule has 0 radical (unpaired) electrons. The zero-order valence-electron chi connectivity index (χ0n) is 12.3. The molecule has 5 nitrogen and oxygen atoms in total. The van der Waals surface area contributed by atoms with Crippen LogP contribution in [-0.2, 0) is 6.61 Å². The first kappa shape index (κ1) is 19.5. The van der Waals surface area contributed by atoms with Crippen LogP contribution in [0.15, 0.2) is 45.3 Å². The number of nitrogens with one attached hydrogen (secondary N) is 2. The van der Waals surface area contributed by atoms with Crippen LogP contribution in [0, 0.1) is 0 Å². The molecule has 0 aliphatic carbocycles. The predicted octanol–water partition coefficient (Wildman–Crippen LogP) is 5.25. The smallest absolute Gasteiger partial charge is 0.406 e. The van der Waals surface area contributed by atoms with Gasteiger partial charge in [-0.2, -0.15) is 0 Å². The molecule has 0 spiro atoms. The molecule has 134 valence electrons. The summed E-state index contributed by atoms with van der Waals surface area (Å²) < 4.78 is 41.7. The Hall–Kier alpha value is -1.78. The van der Waals surface area contributed by atoms with E-state index in [2.05, 4.69) is 47.2 Å². The van der Waals surface area contributed by atoms with Gasteiger partial charge in [0.15, 0.2) is 0 Å². The van der Waals surface area contributed by atoms with Crippen molar-refractivity contribution in [3.05, 3.63) is 50.9 Å². The van der Waals surface area contributed by atoms with E-state index in [-0.39, 0.29) is 12.3 Å². The molecule has 25 heavy (non-hydrogen) atoms. The highest BCUT2D eigenvalue weighted by Crippen LogP contribution is 2.29. The van der Waals surface area contributed by atoms with E-state index in [1.807, 2.05) is 0 Å². The normalized spacial score (nSPS) is 11.1. The summed E-state index contributed by atoms with van der Waals surface area (Å²) in [5.41, 5.74) is 0.927. The number of aliphatic hydroxyl groups is 1.